The van der Waals surface area contributed by atoms with Gasteiger partial charge in [-0.2, -0.15) is 18.2 Å². The lowest BCUT2D eigenvalue weighted by atomic mass is 9.91. The van der Waals surface area contributed by atoms with Crippen molar-refractivity contribution in [1.82, 2.24) is 5.06 Å². The van der Waals surface area contributed by atoms with Crippen molar-refractivity contribution in [3.63, 3.8) is 0 Å². The fourth-order valence-electron chi connectivity index (χ4n) is 4.98. The van der Waals surface area contributed by atoms with Crippen molar-refractivity contribution < 1.29 is 36.5 Å². The number of rotatable bonds is 12. The van der Waals surface area contributed by atoms with Crippen molar-refractivity contribution in [3.05, 3.63) is 101 Å². The van der Waals surface area contributed by atoms with Crippen molar-refractivity contribution >= 4 is 29.8 Å². The quantitative estimate of drug-likeness (QED) is 0.0949. The maximum Gasteiger partial charge on any atom is 0.449 e. The Balaban J connectivity index is 1.33. The molecule has 0 fully saturated rings. The molecule has 0 amide bonds. The number of carboxylic acid groups (broad SMARTS) is 1. The van der Waals surface area contributed by atoms with Crippen LogP contribution in [0.1, 0.15) is 41.1 Å². The lowest BCUT2D eigenvalue weighted by molar-refractivity contribution is -0.154. The number of alkyl halides is 3. The molecule has 0 atom stereocenters. The zero-order chi connectivity index (χ0) is 30.4. The number of nitrogens with zero attached hydrogens (tertiary/aromatic N) is 1. The summed E-state index contributed by atoms with van der Waals surface area (Å²) in [5.41, 5.74) is 5.15. The molecule has 0 saturated carbocycles. The SMILES string of the molecule is COc1ccc(SON(Cc2ccc(-c3cccc(SCC(=O)O)c3)cc2)Cc2ccc(C(F)(F)F)o2)c2c1CCCC2. The normalized spacial score (nSPS) is 13.2. The number of furan rings is 1. The molecule has 1 aromatic heterocycles. The molecule has 11 heteroatoms. The third kappa shape index (κ3) is 8.17. The standard InChI is InChI=1S/C32H30F3NO5S2/c1-39-28-14-15-29(27-8-3-2-7-26(27)28)43-41-36(19-24-13-16-30(40-24)32(33,34)35)18-21-9-11-22(12-10-21)23-5-4-6-25(17-23)42-20-31(37)38/h4-6,9-17H,2-3,7-8,18-20H2,1H3,(H,37,38). The van der Waals surface area contributed by atoms with Crippen LogP contribution in [-0.2, 0) is 41.2 Å². The van der Waals surface area contributed by atoms with Crippen molar-refractivity contribution in [2.45, 2.75) is 54.7 Å². The molecule has 1 N–H and O–H groups in total. The highest BCUT2D eigenvalue weighted by molar-refractivity contribution is 8.00. The highest BCUT2D eigenvalue weighted by Crippen LogP contribution is 2.38. The van der Waals surface area contributed by atoms with E-state index in [1.54, 1.807) is 12.2 Å². The molecule has 43 heavy (non-hydrogen) atoms. The number of methoxy groups -OCH3 is 1. The fraction of sp³-hybridized carbons (Fsp3) is 0.281. The summed E-state index contributed by atoms with van der Waals surface area (Å²) >= 11 is 2.44. The summed E-state index contributed by atoms with van der Waals surface area (Å²) < 4.78 is 56.4. The highest BCUT2D eigenvalue weighted by atomic mass is 32.2. The lowest BCUT2D eigenvalue weighted by Gasteiger charge is -2.24. The Labute approximate surface area is 256 Å². The minimum atomic E-state index is -4.57. The number of fused-ring (bicyclic) bond motifs is 1. The van der Waals surface area contributed by atoms with E-state index in [4.69, 9.17) is 18.5 Å². The van der Waals surface area contributed by atoms with E-state index in [9.17, 15) is 18.0 Å². The third-order valence-corrected chi connectivity index (χ3v) is 8.84. The Morgan fingerprint density at radius 2 is 1.72 bits per heavy atom. The molecule has 226 valence electrons. The van der Waals surface area contributed by atoms with Crippen LogP contribution in [-0.4, -0.2) is 29.0 Å². The Morgan fingerprint density at radius 1 is 0.953 bits per heavy atom. The van der Waals surface area contributed by atoms with Crippen molar-refractivity contribution in [1.29, 1.82) is 0 Å². The number of hydrogen-bond acceptors (Lipinski definition) is 7. The Morgan fingerprint density at radius 3 is 2.42 bits per heavy atom. The molecule has 0 spiro atoms. The molecule has 0 bridgehead atoms. The molecule has 1 aliphatic rings. The zero-order valence-corrected chi connectivity index (χ0v) is 25.0. The molecule has 0 radical (unpaired) electrons. The number of hydrogen-bond donors (Lipinski definition) is 1. The predicted octanol–water partition coefficient (Wildman–Crippen LogP) is 8.67. The number of halogens is 3. The van der Waals surface area contributed by atoms with Gasteiger partial charge in [0.05, 0.1) is 38.0 Å². The van der Waals surface area contributed by atoms with E-state index in [0.29, 0.717) is 6.54 Å². The van der Waals surface area contributed by atoms with E-state index in [1.165, 1.54) is 41.0 Å². The summed E-state index contributed by atoms with van der Waals surface area (Å²) in [5.74, 6) is -0.946. The molecule has 4 aromatic rings. The number of thioether (sulfide) groups is 1. The molecular formula is C32H30F3NO5S2. The van der Waals surface area contributed by atoms with Gasteiger partial charge in [-0.25, -0.2) is 4.28 Å². The molecule has 1 heterocycles. The number of benzene rings is 3. The van der Waals surface area contributed by atoms with Gasteiger partial charge in [-0.05, 0) is 89.9 Å². The van der Waals surface area contributed by atoms with Crippen LogP contribution in [0.4, 0.5) is 13.2 Å². The van der Waals surface area contributed by atoms with Gasteiger partial charge in [-0.15, -0.1) is 11.8 Å². The highest BCUT2D eigenvalue weighted by Gasteiger charge is 2.35. The first-order chi connectivity index (χ1) is 20.7. The molecular weight excluding hydrogens is 599 g/mol. The van der Waals surface area contributed by atoms with Gasteiger partial charge in [0, 0.05) is 9.79 Å². The second-order valence-corrected chi connectivity index (χ2v) is 11.9. The van der Waals surface area contributed by atoms with Gasteiger partial charge in [-0.1, -0.05) is 36.4 Å². The van der Waals surface area contributed by atoms with E-state index >= 15 is 0 Å². The third-order valence-electron chi connectivity index (χ3n) is 7.02. The van der Waals surface area contributed by atoms with E-state index in [-0.39, 0.29) is 18.1 Å². The van der Waals surface area contributed by atoms with Crippen LogP contribution >= 0.6 is 23.8 Å². The Kier molecular flexibility index (Phi) is 10.1. The van der Waals surface area contributed by atoms with E-state index in [0.717, 1.165) is 64.0 Å². The van der Waals surface area contributed by atoms with Crippen LogP contribution in [0, 0.1) is 0 Å². The summed E-state index contributed by atoms with van der Waals surface area (Å²) in [7, 11) is 1.66. The summed E-state index contributed by atoms with van der Waals surface area (Å²) in [6, 6.07) is 21.6. The monoisotopic (exact) mass is 629 g/mol. The van der Waals surface area contributed by atoms with Gasteiger partial charge in [-0.3, -0.25) is 4.79 Å². The molecule has 5 rings (SSSR count). The first kappa shape index (κ1) is 31.1. The van der Waals surface area contributed by atoms with Gasteiger partial charge in [0.15, 0.2) is 0 Å². The van der Waals surface area contributed by atoms with Crippen LogP contribution in [0.5, 0.6) is 5.75 Å². The summed E-state index contributed by atoms with van der Waals surface area (Å²) in [5, 5.41) is 10.6. The molecule has 1 aliphatic carbocycles. The summed E-state index contributed by atoms with van der Waals surface area (Å²) in [4.78, 5) is 12.7. The van der Waals surface area contributed by atoms with Crippen LogP contribution in [0.2, 0.25) is 0 Å². The Hall–Kier alpha value is -3.38. The molecule has 0 saturated heterocycles. The minimum Gasteiger partial charge on any atom is -0.496 e. The maximum atomic E-state index is 13.2. The minimum absolute atomic E-state index is 0.00597. The average Bonchev–Trinajstić information content (AvgIpc) is 3.48. The van der Waals surface area contributed by atoms with Crippen LogP contribution in [0.15, 0.2) is 87.0 Å². The van der Waals surface area contributed by atoms with Crippen LogP contribution in [0.3, 0.4) is 0 Å². The smallest absolute Gasteiger partial charge is 0.449 e. The second kappa shape index (κ2) is 13.9. The van der Waals surface area contributed by atoms with Gasteiger partial charge < -0.3 is 14.3 Å². The van der Waals surface area contributed by atoms with E-state index < -0.39 is 17.9 Å². The number of carbonyl (C=O) groups is 1. The van der Waals surface area contributed by atoms with Gasteiger partial charge in [0.1, 0.15) is 11.5 Å². The molecule has 0 unspecified atom stereocenters. The second-order valence-electron chi connectivity index (χ2n) is 10.1. The average molecular weight is 630 g/mol. The van der Waals surface area contributed by atoms with Crippen LogP contribution < -0.4 is 4.74 Å². The Bertz CT molecular complexity index is 1560. The fourth-order valence-corrected chi connectivity index (χ4v) is 6.39. The first-order valence-electron chi connectivity index (χ1n) is 13.7. The zero-order valence-electron chi connectivity index (χ0n) is 23.4. The predicted molar refractivity (Wildman–Crippen MR) is 160 cm³/mol. The van der Waals surface area contributed by atoms with Crippen molar-refractivity contribution in [2.24, 2.45) is 0 Å². The van der Waals surface area contributed by atoms with Crippen LogP contribution in [0.25, 0.3) is 11.1 Å². The number of carboxylic acids is 1. The molecule has 0 aliphatic heterocycles. The maximum absolute atomic E-state index is 13.2. The largest absolute Gasteiger partial charge is 0.496 e. The number of hydroxylamine groups is 2. The van der Waals surface area contributed by atoms with Gasteiger partial charge in [0.25, 0.3) is 0 Å². The van der Waals surface area contributed by atoms with Gasteiger partial charge in [0.2, 0.25) is 5.76 Å². The first-order valence-corrected chi connectivity index (χ1v) is 15.4. The summed E-state index contributed by atoms with van der Waals surface area (Å²) in [6.45, 7) is 0.300. The van der Waals surface area contributed by atoms with Gasteiger partial charge >= 0.3 is 12.1 Å². The summed E-state index contributed by atoms with van der Waals surface area (Å²) in [6.07, 6.45) is -0.580. The van der Waals surface area contributed by atoms with Crippen molar-refractivity contribution in [2.75, 3.05) is 12.9 Å². The van der Waals surface area contributed by atoms with E-state index in [2.05, 4.69) is 0 Å². The number of ether oxygens (including phenoxy) is 1. The topological polar surface area (TPSA) is 72.1 Å². The van der Waals surface area contributed by atoms with E-state index in [1.807, 2.05) is 60.7 Å². The molecule has 6 nitrogen and oxygen atoms in total. The lowest BCUT2D eigenvalue weighted by Crippen LogP contribution is -2.20. The molecule has 3 aromatic carbocycles. The van der Waals surface area contributed by atoms with Crippen molar-refractivity contribution in [3.8, 4) is 16.9 Å². The number of aliphatic carboxylic acids is 1.